The van der Waals surface area contributed by atoms with Gasteiger partial charge in [0, 0.05) is 0 Å². The maximum absolute atomic E-state index is 10.6. The molecule has 0 aliphatic rings. The normalized spacial score (nSPS) is 11.0. The first kappa shape index (κ1) is 16.6. The van der Waals surface area contributed by atoms with Crippen LogP contribution in [0.25, 0.3) is 0 Å². The third kappa shape index (κ3) is 14.6. The number of hydrogen-bond acceptors (Lipinski definition) is 1. The van der Waals surface area contributed by atoms with Crippen LogP contribution in [-0.4, -0.2) is 19.8 Å². The van der Waals surface area contributed by atoms with Crippen LogP contribution >= 0.6 is 12.6 Å². The van der Waals surface area contributed by atoms with E-state index in [0.29, 0.717) is 6.42 Å². The van der Waals surface area contributed by atoms with E-state index in [1.54, 1.807) is 0 Å². The second-order valence-electron chi connectivity index (χ2n) is 4.78. The second kappa shape index (κ2) is 12.0. The van der Waals surface area contributed by atoms with Crippen LogP contribution in [0.4, 0.5) is 0 Å². The van der Waals surface area contributed by atoms with Crippen molar-refractivity contribution >= 4 is 32.4 Å². The number of hydrogen-bond donors (Lipinski definition) is 1. The van der Waals surface area contributed by atoms with Gasteiger partial charge in [-0.15, -0.1) is 0 Å². The van der Waals surface area contributed by atoms with Gasteiger partial charge in [0.05, 0.1) is 0 Å². The molecule has 0 bridgehead atoms. The second-order valence-corrected chi connectivity index (χ2v) is 10.7. The van der Waals surface area contributed by atoms with Crippen LogP contribution in [0.3, 0.4) is 0 Å². The molecule has 0 amide bonds. The molecule has 0 radical (unpaired) electrons. The number of rotatable bonds is 11. The van der Waals surface area contributed by atoms with E-state index in [1.165, 1.54) is 50.2 Å². The van der Waals surface area contributed by atoms with E-state index < -0.39 is 0 Å². The van der Waals surface area contributed by atoms with Crippen molar-refractivity contribution in [2.75, 3.05) is 0 Å². The minimum atomic E-state index is -0.352. The van der Waals surface area contributed by atoms with Crippen LogP contribution in [0.15, 0.2) is 0 Å². The van der Waals surface area contributed by atoms with Crippen LogP contribution < -0.4 is 0 Å². The van der Waals surface area contributed by atoms with E-state index in [9.17, 15) is 4.79 Å². The quantitative estimate of drug-likeness (QED) is 0.332. The van der Waals surface area contributed by atoms with Gasteiger partial charge in [-0.3, -0.25) is 0 Å². The van der Waals surface area contributed by atoms with Crippen molar-refractivity contribution in [3.8, 4) is 0 Å². The Labute approximate surface area is 111 Å². The zero-order chi connectivity index (χ0) is 12.2. The van der Waals surface area contributed by atoms with Crippen molar-refractivity contribution in [1.29, 1.82) is 0 Å². The molecule has 0 aromatic rings. The van der Waals surface area contributed by atoms with Crippen LogP contribution in [0, 0.1) is 0 Å². The Balaban J connectivity index is 2.96. The number of carbonyl (C=O) groups is 1. The van der Waals surface area contributed by atoms with Gasteiger partial charge in [0.2, 0.25) is 0 Å². The molecule has 0 aromatic heterocycles. The summed E-state index contributed by atoms with van der Waals surface area (Å²) in [6, 6.07) is 0. The fraction of sp³-hybridized carbons (Fsp3) is 0.923. The van der Waals surface area contributed by atoms with E-state index in [2.05, 4.69) is 24.1 Å². The average Bonchev–Trinajstić information content (AvgIpc) is 2.20. The Morgan fingerprint density at radius 3 is 1.75 bits per heavy atom. The van der Waals surface area contributed by atoms with Gasteiger partial charge < -0.3 is 0 Å². The molecule has 16 heavy (non-hydrogen) atoms. The molecule has 96 valence electrons. The van der Waals surface area contributed by atoms with Gasteiger partial charge in [0.1, 0.15) is 0 Å². The van der Waals surface area contributed by atoms with Crippen molar-refractivity contribution < 1.29 is 4.79 Å². The third-order valence-corrected chi connectivity index (χ3v) is 5.51. The third-order valence-electron chi connectivity index (χ3n) is 2.75. The molecule has 0 aliphatic heterocycles. The van der Waals surface area contributed by atoms with Crippen molar-refractivity contribution in [3.05, 3.63) is 0 Å². The van der Waals surface area contributed by atoms with E-state index >= 15 is 0 Å². The van der Waals surface area contributed by atoms with Crippen LogP contribution in [-0.2, 0) is 4.79 Å². The number of unbranched alkanes of at least 4 members (excludes halogenated alkanes) is 7. The molecule has 0 unspecified atom stereocenters. The summed E-state index contributed by atoms with van der Waals surface area (Å²) in [7, 11) is 0. The molecular weight excluding hydrogens is 279 g/mol. The molecule has 1 nitrogen and oxygen atoms in total. The van der Waals surface area contributed by atoms with Crippen LogP contribution in [0.1, 0.15) is 57.8 Å². The molecule has 0 aliphatic carbocycles. The first-order chi connectivity index (χ1) is 7.63. The summed E-state index contributed by atoms with van der Waals surface area (Å²) in [4.78, 5) is 10.6. The average molecular weight is 306 g/mol. The van der Waals surface area contributed by atoms with E-state index in [0.717, 1.165) is 6.42 Å². The Morgan fingerprint density at radius 1 is 0.875 bits per heavy atom. The zero-order valence-electron chi connectivity index (χ0n) is 10.9. The van der Waals surface area contributed by atoms with E-state index in [-0.39, 0.29) is 19.8 Å². The summed E-state index contributed by atoms with van der Waals surface area (Å²) in [5, 5.41) is 1.56. The van der Waals surface area contributed by atoms with Gasteiger partial charge in [0.15, 0.2) is 0 Å². The summed E-state index contributed by atoms with van der Waals surface area (Å²) in [6.07, 6.45) is 11.2. The summed E-state index contributed by atoms with van der Waals surface area (Å²) < 4.78 is 0. The van der Waals surface area contributed by atoms with Crippen molar-refractivity contribution in [1.82, 2.24) is 0 Å². The topological polar surface area (TPSA) is 17.1 Å². The van der Waals surface area contributed by atoms with Crippen LogP contribution in [0.2, 0.25) is 16.6 Å². The van der Waals surface area contributed by atoms with E-state index in [4.69, 9.17) is 0 Å². The molecule has 0 saturated carbocycles. The molecule has 0 heterocycles. The fourth-order valence-electron chi connectivity index (χ4n) is 1.76. The summed E-state index contributed by atoms with van der Waals surface area (Å²) >= 11 is 3.41. The molecule has 0 spiro atoms. The van der Waals surface area contributed by atoms with Gasteiger partial charge in [-0.1, -0.05) is 0 Å². The zero-order valence-corrected chi connectivity index (χ0v) is 13.6. The molecule has 0 N–H and O–H groups in total. The van der Waals surface area contributed by atoms with Gasteiger partial charge in [0.25, 0.3) is 0 Å². The molecular formula is C13H27AsOS. The Bertz CT molecular complexity index is 171. The van der Waals surface area contributed by atoms with Crippen LogP contribution in [0.5, 0.6) is 0 Å². The van der Waals surface area contributed by atoms with Crippen molar-refractivity contribution in [2.45, 2.75) is 74.4 Å². The first-order valence-electron chi connectivity index (χ1n) is 6.49. The van der Waals surface area contributed by atoms with Crippen molar-refractivity contribution in [2.24, 2.45) is 0 Å². The number of thiol groups is 1. The Morgan fingerprint density at radius 2 is 1.31 bits per heavy atom. The van der Waals surface area contributed by atoms with E-state index in [1.807, 2.05) is 0 Å². The molecule has 0 saturated heterocycles. The summed E-state index contributed by atoms with van der Waals surface area (Å²) in [5.41, 5.74) is 4.88. The fourth-order valence-corrected chi connectivity index (χ4v) is 3.72. The maximum atomic E-state index is 10.6. The minimum absolute atomic E-state index is 0.0399. The molecule has 3 heteroatoms. The van der Waals surface area contributed by atoms with Gasteiger partial charge >= 0.3 is 112 Å². The summed E-state index contributed by atoms with van der Waals surface area (Å²) in [5.74, 6) is 0. The monoisotopic (exact) mass is 306 g/mol. The Hall–Kier alpha value is 0.578. The van der Waals surface area contributed by atoms with Gasteiger partial charge in [-0.25, -0.2) is 0 Å². The molecule has 0 fully saturated rings. The molecule has 0 atom stereocenters. The predicted octanol–water partition coefficient (Wildman–Crippen LogP) is 4.71. The first-order valence-corrected chi connectivity index (χ1v) is 12.0. The summed E-state index contributed by atoms with van der Waals surface area (Å²) in [6.45, 7) is 0. The Kier molecular flexibility index (Phi) is 12.5. The van der Waals surface area contributed by atoms with Crippen molar-refractivity contribution in [3.63, 3.8) is 0 Å². The molecule has 0 aromatic carbocycles. The van der Waals surface area contributed by atoms with Gasteiger partial charge in [-0.2, -0.15) is 0 Å². The SMILES string of the molecule is C[As](C)CCCCCCCCCCC(=O)S. The molecule has 0 rings (SSSR count). The number of carbonyl (C=O) groups excluding carboxylic acids is 1. The van der Waals surface area contributed by atoms with Gasteiger partial charge in [-0.05, 0) is 0 Å². The predicted molar refractivity (Wildman–Crippen MR) is 77.8 cm³/mol. The standard InChI is InChI=1S/C13H27AsOS/c1-14(2)12-10-8-6-4-3-5-7-9-11-13(15)16/h3-12H2,1-2H3,(H,15,16).